The van der Waals surface area contributed by atoms with E-state index in [1.807, 2.05) is 44.2 Å². The number of nitriles is 1. The Morgan fingerprint density at radius 3 is 2.57 bits per heavy atom. The lowest BCUT2D eigenvalue weighted by Crippen LogP contribution is -2.34. The monoisotopic (exact) mass is 308 g/mol. The zero-order valence-corrected chi connectivity index (χ0v) is 13.4. The maximum Gasteiger partial charge on any atom is 0.253 e. The highest BCUT2D eigenvalue weighted by molar-refractivity contribution is 5.94. The molecule has 1 N–H and O–H groups in total. The third kappa shape index (κ3) is 4.18. The van der Waals surface area contributed by atoms with Crippen LogP contribution in [0.25, 0.3) is 0 Å². The van der Waals surface area contributed by atoms with Gasteiger partial charge in [0, 0.05) is 12.1 Å². The summed E-state index contributed by atoms with van der Waals surface area (Å²) in [6, 6.07) is 16.3. The summed E-state index contributed by atoms with van der Waals surface area (Å²) in [6.45, 7) is 4.56. The highest BCUT2D eigenvalue weighted by atomic mass is 16.3. The number of aliphatic hydroxyl groups is 1. The van der Waals surface area contributed by atoms with Gasteiger partial charge < -0.3 is 10.0 Å². The van der Waals surface area contributed by atoms with Crippen molar-refractivity contribution in [3.8, 4) is 6.07 Å². The van der Waals surface area contributed by atoms with Gasteiger partial charge in [0.2, 0.25) is 0 Å². The summed E-state index contributed by atoms with van der Waals surface area (Å²) in [6.07, 6.45) is -0.737. The molecule has 4 heteroatoms. The van der Waals surface area contributed by atoms with Gasteiger partial charge in [-0.05, 0) is 37.6 Å². The van der Waals surface area contributed by atoms with Crippen molar-refractivity contribution in [3.63, 3.8) is 0 Å². The molecular weight excluding hydrogens is 288 g/mol. The maximum absolute atomic E-state index is 12.6. The normalized spacial score (nSPS) is 11.6. The van der Waals surface area contributed by atoms with E-state index in [1.54, 1.807) is 29.2 Å². The van der Waals surface area contributed by atoms with Crippen LogP contribution in [0.1, 0.15) is 40.1 Å². The van der Waals surface area contributed by atoms with E-state index in [0.29, 0.717) is 17.7 Å². The lowest BCUT2D eigenvalue weighted by atomic mass is 10.1. The van der Waals surface area contributed by atoms with Gasteiger partial charge in [-0.3, -0.25) is 4.79 Å². The van der Waals surface area contributed by atoms with Crippen molar-refractivity contribution < 1.29 is 9.90 Å². The molecule has 118 valence electrons. The highest BCUT2D eigenvalue weighted by Gasteiger charge is 2.19. The average Bonchev–Trinajstić information content (AvgIpc) is 2.59. The van der Waals surface area contributed by atoms with E-state index in [9.17, 15) is 9.90 Å². The van der Waals surface area contributed by atoms with Gasteiger partial charge in [-0.1, -0.05) is 35.9 Å². The van der Waals surface area contributed by atoms with E-state index in [0.717, 1.165) is 11.1 Å². The van der Waals surface area contributed by atoms with Crippen LogP contribution in [0.15, 0.2) is 48.5 Å². The van der Waals surface area contributed by atoms with Gasteiger partial charge in [0.05, 0.1) is 24.3 Å². The number of carbonyl (C=O) groups is 1. The third-order valence-corrected chi connectivity index (χ3v) is 3.76. The van der Waals surface area contributed by atoms with E-state index in [-0.39, 0.29) is 12.5 Å². The van der Waals surface area contributed by atoms with Crippen LogP contribution in [0.4, 0.5) is 0 Å². The lowest BCUT2D eigenvalue weighted by molar-refractivity contribution is 0.0635. The molecular formula is C19H20N2O2. The summed E-state index contributed by atoms with van der Waals surface area (Å²) in [5.41, 5.74) is 2.82. The molecule has 0 radical (unpaired) electrons. The van der Waals surface area contributed by atoms with E-state index < -0.39 is 6.10 Å². The summed E-state index contributed by atoms with van der Waals surface area (Å²) < 4.78 is 0. The molecule has 1 unspecified atom stereocenters. The molecule has 0 aliphatic heterocycles. The minimum Gasteiger partial charge on any atom is -0.387 e. The number of aliphatic hydroxyl groups excluding tert-OH is 1. The molecule has 0 bridgehead atoms. The number of hydrogen-bond donors (Lipinski definition) is 1. The summed E-state index contributed by atoms with van der Waals surface area (Å²) in [4.78, 5) is 14.2. The van der Waals surface area contributed by atoms with Gasteiger partial charge in [0.1, 0.15) is 0 Å². The first-order valence-electron chi connectivity index (χ1n) is 7.59. The molecule has 0 aliphatic rings. The topological polar surface area (TPSA) is 64.3 Å². The molecule has 0 aromatic heterocycles. The van der Waals surface area contributed by atoms with Crippen LogP contribution < -0.4 is 0 Å². The SMILES string of the molecule is CCN(CC(O)c1ccc(C)cc1)C(=O)c1cccc(C#N)c1. The Kier molecular flexibility index (Phi) is 5.51. The van der Waals surface area contributed by atoms with Crippen molar-refractivity contribution in [1.29, 1.82) is 5.26 Å². The zero-order chi connectivity index (χ0) is 16.8. The second-order valence-corrected chi connectivity index (χ2v) is 5.46. The fourth-order valence-electron chi connectivity index (χ4n) is 2.36. The number of amides is 1. The summed E-state index contributed by atoms with van der Waals surface area (Å²) in [5, 5.41) is 19.3. The number of nitrogens with zero attached hydrogens (tertiary/aromatic N) is 2. The maximum atomic E-state index is 12.6. The summed E-state index contributed by atoms with van der Waals surface area (Å²) in [5.74, 6) is -0.184. The van der Waals surface area contributed by atoms with Crippen LogP contribution in [0.2, 0.25) is 0 Å². The van der Waals surface area contributed by atoms with E-state index in [2.05, 4.69) is 0 Å². The Morgan fingerprint density at radius 2 is 1.96 bits per heavy atom. The predicted octanol–water partition coefficient (Wildman–Crippen LogP) is 3.06. The molecule has 2 aromatic rings. The quantitative estimate of drug-likeness (QED) is 0.923. The van der Waals surface area contributed by atoms with Gasteiger partial charge in [-0.2, -0.15) is 5.26 Å². The molecule has 0 spiro atoms. The van der Waals surface area contributed by atoms with E-state index in [4.69, 9.17) is 5.26 Å². The number of carbonyl (C=O) groups excluding carboxylic acids is 1. The number of hydrogen-bond acceptors (Lipinski definition) is 3. The smallest absolute Gasteiger partial charge is 0.253 e. The fraction of sp³-hybridized carbons (Fsp3) is 0.263. The fourth-order valence-corrected chi connectivity index (χ4v) is 2.36. The zero-order valence-electron chi connectivity index (χ0n) is 13.4. The van der Waals surface area contributed by atoms with Gasteiger partial charge in [-0.25, -0.2) is 0 Å². The number of benzene rings is 2. The first-order valence-corrected chi connectivity index (χ1v) is 7.59. The van der Waals surface area contributed by atoms with Crippen LogP contribution >= 0.6 is 0 Å². The number of likely N-dealkylation sites (N-methyl/N-ethyl adjacent to an activating group) is 1. The van der Waals surface area contributed by atoms with Crippen molar-refractivity contribution in [2.45, 2.75) is 20.0 Å². The Balaban J connectivity index is 2.14. The third-order valence-electron chi connectivity index (χ3n) is 3.76. The summed E-state index contributed by atoms with van der Waals surface area (Å²) >= 11 is 0. The van der Waals surface area contributed by atoms with Gasteiger partial charge in [0.25, 0.3) is 5.91 Å². The predicted molar refractivity (Wildman–Crippen MR) is 88.9 cm³/mol. The van der Waals surface area contributed by atoms with Crippen LogP contribution in [-0.4, -0.2) is 29.0 Å². The van der Waals surface area contributed by atoms with Crippen molar-refractivity contribution in [2.75, 3.05) is 13.1 Å². The highest BCUT2D eigenvalue weighted by Crippen LogP contribution is 2.17. The summed E-state index contributed by atoms with van der Waals surface area (Å²) in [7, 11) is 0. The van der Waals surface area contributed by atoms with Gasteiger partial charge in [-0.15, -0.1) is 0 Å². The van der Waals surface area contributed by atoms with Crippen LogP contribution in [0.3, 0.4) is 0 Å². The lowest BCUT2D eigenvalue weighted by Gasteiger charge is -2.24. The van der Waals surface area contributed by atoms with Crippen molar-refractivity contribution in [2.24, 2.45) is 0 Å². The van der Waals surface area contributed by atoms with Crippen molar-refractivity contribution in [3.05, 3.63) is 70.8 Å². The second-order valence-electron chi connectivity index (χ2n) is 5.46. The molecule has 4 nitrogen and oxygen atoms in total. The standard InChI is InChI=1S/C19H20N2O2/c1-3-21(13-18(22)16-9-7-14(2)8-10-16)19(23)17-6-4-5-15(11-17)12-20/h4-11,18,22H,3,13H2,1-2H3. The van der Waals surface area contributed by atoms with Gasteiger partial charge >= 0.3 is 0 Å². The van der Waals surface area contributed by atoms with Gasteiger partial charge in [0.15, 0.2) is 0 Å². The minimum absolute atomic E-state index is 0.184. The van der Waals surface area contributed by atoms with Crippen LogP contribution in [0.5, 0.6) is 0 Å². The number of aryl methyl sites for hydroxylation is 1. The average molecular weight is 308 g/mol. The van der Waals surface area contributed by atoms with Crippen LogP contribution in [-0.2, 0) is 0 Å². The molecule has 2 rings (SSSR count). The van der Waals surface area contributed by atoms with E-state index in [1.165, 1.54) is 0 Å². The Hall–Kier alpha value is -2.64. The minimum atomic E-state index is -0.737. The Bertz CT molecular complexity index is 717. The first kappa shape index (κ1) is 16.7. The number of rotatable bonds is 5. The first-order chi connectivity index (χ1) is 11.0. The largest absolute Gasteiger partial charge is 0.387 e. The molecule has 0 aliphatic carbocycles. The molecule has 23 heavy (non-hydrogen) atoms. The Morgan fingerprint density at radius 1 is 1.26 bits per heavy atom. The van der Waals surface area contributed by atoms with Crippen molar-refractivity contribution >= 4 is 5.91 Å². The molecule has 1 amide bonds. The molecule has 0 saturated heterocycles. The molecule has 0 saturated carbocycles. The molecule has 0 fully saturated rings. The molecule has 1 atom stereocenters. The van der Waals surface area contributed by atoms with Crippen LogP contribution in [0, 0.1) is 18.3 Å². The second kappa shape index (κ2) is 7.57. The molecule has 2 aromatic carbocycles. The van der Waals surface area contributed by atoms with Crippen molar-refractivity contribution in [1.82, 2.24) is 4.90 Å². The van der Waals surface area contributed by atoms with E-state index >= 15 is 0 Å². The molecule has 0 heterocycles. The Labute approximate surface area is 136 Å².